The third-order valence-corrected chi connectivity index (χ3v) is 3.48. The standard InChI is InChI=1S/C15H24O/c1-6-7-8-13(16)14-12(3)9-11(2)10-15(14,4)5/h7-8,11,14H,3,6,9-10H2,1-2,4-5H3. The molecule has 1 fully saturated rings. The molecule has 16 heavy (non-hydrogen) atoms. The first-order valence-corrected chi connectivity index (χ1v) is 6.26. The zero-order valence-corrected chi connectivity index (χ0v) is 11.0. The largest absolute Gasteiger partial charge is 0.294 e. The van der Waals surface area contributed by atoms with Gasteiger partial charge in [-0.15, -0.1) is 0 Å². The van der Waals surface area contributed by atoms with Crippen molar-refractivity contribution in [1.29, 1.82) is 0 Å². The predicted molar refractivity (Wildman–Crippen MR) is 69.2 cm³/mol. The van der Waals surface area contributed by atoms with Gasteiger partial charge >= 0.3 is 0 Å². The summed E-state index contributed by atoms with van der Waals surface area (Å²) >= 11 is 0. The van der Waals surface area contributed by atoms with Crippen LogP contribution in [0.1, 0.15) is 47.0 Å². The van der Waals surface area contributed by atoms with Crippen LogP contribution < -0.4 is 0 Å². The Hall–Kier alpha value is -0.850. The molecule has 1 rings (SSSR count). The van der Waals surface area contributed by atoms with Crippen LogP contribution in [-0.4, -0.2) is 5.78 Å². The SMILES string of the molecule is C=C1CC(C)CC(C)(C)C1C(=O)C=CCC. The molecule has 0 heterocycles. The van der Waals surface area contributed by atoms with E-state index in [0.29, 0.717) is 5.92 Å². The van der Waals surface area contributed by atoms with E-state index in [9.17, 15) is 4.79 Å². The lowest BCUT2D eigenvalue weighted by atomic mass is 9.62. The van der Waals surface area contributed by atoms with Gasteiger partial charge in [0.05, 0.1) is 0 Å². The van der Waals surface area contributed by atoms with Crippen LogP contribution in [0.15, 0.2) is 24.3 Å². The lowest BCUT2D eigenvalue weighted by Crippen LogP contribution is -2.37. The van der Waals surface area contributed by atoms with E-state index in [1.54, 1.807) is 6.08 Å². The molecule has 0 aromatic carbocycles. The van der Waals surface area contributed by atoms with E-state index in [1.807, 2.05) is 13.0 Å². The fourth-order valence-electron chi connectivity index (χ4n) is 3.12. The summed E-state index contributed by atoms with van der Waals surface area (Å²) in [7, 11) is 0. The van der Waals surface area contributed by atoms with E-state index < -0.39 is 0 Å². The van der Waals surface area contributed by atoms with Crippen LogP contribution in [0.5, 0.6) is 0 Å². The van der Waals surface area contributed by atoms with Gasteiger partial charge in [0.25, 0.3) is 0 Å². The normalized spacial score (nSPS) is 29.6. The highest BCUT2D eigenvalue weighted by atomic mass is 16.1. The quantitative estimate of drug-likeness (QED) is 0.516. The topological polar surface area (TPSA) is 17.1 Å². The summed E-state index contributed by atoms with van der Waals surface area (Å²) in [6, 6.07) is 0. The number of hydrogen-bond acceptors (Lipinski definition) is 1. The number of ketones is 1. The van der Waals surface area contributed by atoms with E-state index >= 15 is 0 Å². The summed E-state index contributed by atoms with van der Waals surface area (Å²) in [5, 5.41) is 0. The van der Waals surface area contributed by atoms with E-state index in [0.717, 1.165) is 24.8 Å². The molecule has 0 aromatic heterocycles. The predicted octanol–water partition coefficient (Wildman–Crippen LogP) is 4.15. The van der Waals surface area contributed by atoms with Crippen molar-refractivity contribution in [3.8, 4) is 0 Å². The molecular formula is C15H24O. The maximum absolute atomic E-state index is 12.1. The summed E-state index contributed by atoms with van der Waals surface area (Å²) in [6.45, 7) is 12.8. The van der Waals surface area contributed by atoms with Crippen molar-refractivity contribution in [2.24, 2.45) is 17.3 Å². The zero-order valence-electron chi connectivity index (χ0n) is 11.0. The molecule has 0 aliphatic heterocycles. The molecule has 1 nitrogen and oxygen atoms in total. The summed E-state index contributed by atoms with van der Waals surface area (Å²) in [5.74, 6) is 0.914. The summed E-state index contributed by atoms with van der Waals surface area (Å²) in [6.07, 6.45) is 6.72. The first-order chi connectivity index (χ1) is 7.38. The van der Waals surface area contributed by atoms with E-state index in [-0.39, 0.29) is 17.1 Å². The minimum Gasteiger partial charge on any atom is -0.294 e. The fraction of sp³-hybridized carbons (Fsp3) is 0.667. The number of carbonyl (C=O) groups excluding carboxylic acids is 1. The van der Waals surface area contributed by atoms with Crippen LogP contribution in [0.3, 0.4) is 0 Å². The Morgan fingerprint density at radius 1 is 1.56 bits per heavy atom. The van der Waals surface area contributed by atoms with Crippen LogP contribution in [0.25, 0.3) is 0 Å². The van der Waals surface area contributed by atoms with Gasteiger partial charge in [-0.2, -0.15) is 0 Å². The molecule has 1 heteroatoms. The molecule has 1 saturated carbocycles. The average Bonchev–Trinajstić information content (AvgIpc) is 2.11. The van der Waals surface area contributed by atoms with Crippen molar-refractivity contribution >= 4 is 5.78 Å². The highest BCUT2D eigenvalue weighted by Crippen LogP contribution is 2.46. The first kappa shape index (κ1) is 13.2. The van der Waals surface area contributed by atoms with Crippen LogP contribution in [0.4, 0.5) is 0 Å². The van der Waals surface area contributed by atoms with Crippen molar-refractivity contribution in [2.45, 2.75) is 47.0 Å². The highest BCUT2D eigenvalue weighted by molar-refractivity contribution is 5.94. The third-order valence-electron chi connectivity index (χ3n) is 3.48. The van der Waals surface area contributed by atoms with Gasteiger partial charge in [0.15, 0.2) is 5.78 Å². The van der Waals surface area contributed by atoms with E-state index in [4.69, 9.17) is 0 Å². The smallest absolute Gasteiger partial charge is 0.162 e. The molecule has 90 valence electrons. The Labute approximate surface area is 99.6 Å². The lowest BCUT2D eigenvalue weighted by Gasteiger charge is -2.41. The second-order valence-corrected chi connectivity index (χ2v) is 5.81. The van der Waals surface area contributed by atoms with Gasteiger partial charge in [0, 0.05) is 5.92 Å². The summed E-state index contributed by atoms with van der Waals surface area (Å²) in [4.78, 5) is 12.1. The van der Waals surface area contributed by atoms with Gasteiger partial charge < -0.3 is 0 Å². The molecule has 0 saturated heterocycles. The van der Waals surface area contributed by atoms with Crippen molar-refractivity contribution in [3.05, 3.63) is 24.3 Å². The summed E-state index contributed by atoms with van der Waals surface area (Å²) < 4.78 is 0. The third kappa shape index (κ3) is 2.84. The van der Waals surface area contributed by atoms with Crippen LogP contribution in [0.2, 0.25) is 0 Å². The first-order valence-electron chi connectivity index (χ1n) is 6.26. The Morgan fingerprint density at radius 2 is 2.19 bits per heavy atom. The van der Waals surface area contributed by atoms with Crippen molar-refractivity contribution < 1.29 is 4.79 Å². The van der Waals surface area contributed by atoms with Gasteiger partial charge in [0.2, 0.25) is 0 Å². The molecule has 0 N–H and O–H groups in total. The molecular weight excluding hydrogens is 196 g/mol. The van der Waals surface area contributed by atoms with E-state index in [1.165, 1.54) is 0 Å². The molecule has 0 bridgehead atoms. The molecule has 0 spiro atoms. The fourth-order valence-corrected chi connectivity index (χ4v) is 3.12. The second-order valence-electron chi connectivity index (χ2n) is 5.81. The van der Waals surface area contributed by atoms with Gasteiger partial charge in [0.1, 0.15) is 0 Å². The Bertz CT molecular complexity index is 309. The van der Waals surface area contributed by atoms with Gasteiger partial charge in [-0.25, -0.2) is 0 Å². The molecule has 0 amide bonds. The van der Waals surface area contributed by atoms with Crippen molar-refractivity contribution in [1.82, 2.24) is 0 Å². The highest BCUT2D eigenvalue weighted by Gasteiger charge is 2.40. The minimum atomic E-state index is 0.0199. The Morgan fingerprint density at radius 3 is 2.69 bits per heavy atom. The van der Waals surface area contributed by atoms with Crippen molar-refractivity contribution in [2.75, 3.05) is 0 Å². The van der Waals surface area contributed by atoms with Gasteiger partial charge in [-0.1, -0.05) is 45.9 Å². The van der Waals surface area contributed by atoms with Crippen LogP contribution >= 0.6 is 0 Å². The molecule has 2 unspecified atom stereocenters. The average molecular weight is 220 g/mol. The van der Waals surface area contributed by atoms with Crippen LogP contribution in [-0.2, 0) is 4.79 Å². The second kappa shape index (κ2) is 4.99. The maximum Gasteiger partial charge on any atom is 0.162 e. The molecule has 2 atom stereocenters. The number of allylic oxidation sites excluding steroid dienone is 3. The van der Waals surface area contributed by atoms with Gasteiger partial charge in [-0.05, 0) is 36.7 Å². The Kier molecular flexibility index (Phi) is 4.12. The molecule has 0 radical (unpaired) electrons. The number of carbonyl (C=O) groups is 1. The van der Waals surface area contributed by atoms with Gasteiger partial charge in [-0.3, -0.25) is 4.79 Å². The minimum absolute atomic E-state index is 0.0199. The monoisotopic (exact) mass is 220 g/mol. The summed E-state index contributed by atoms with van der Waals surface area (Å²) in [5.41, 5.74) is 1.18. The molecule has 1 aliphatic carbocycles. The molecule has 0 aromatic rings. The van der Waals surface area contributed by atoms with E-state index in [2.05, 4.69) is 27.4 Å². The Balaban J connectivity index is 2.88. The number of rotatable bonds is 3. The molecule has 1 aliphatic rings. The maximum atomic E-state index is 12.1. The lowest BCUT2D eigenvalue weighted by molar-refractivity contribution is -0.121. The van der Waals surface area contributed by atoms with Crippen molar-refractivity contribution in [3.63, 3.8) is 0 Å². The zero-order chi connectivity index (χ0) is 12.3. The number of hydrogen-bond donors (Lipinski definition) is 0. The van der Waals surface area contributed by atoms with Crippen LogP contribution in [0, 0.1) is 17.3 Å².